The van der Waals surface area contributed by atoms with Gasteiger partial charge in [-0.25, -0.2) is 4.79 Å². The van der Waals surface area contributed by atoms with E-state index in [4.69, 9.17) is 15.3 Å². The summed E-state index contributed by atoms with van der Waals surface area (Å²) in [5.74, 6) is -1.40. The van der Waals surface area contributed by atoms with E-state index < -0.39 is 18.2 Å². The smallest absolute Gasteiger partial charge is 0.335 e. The summed E-state index contributed by atoms with van der Waals surface area (Å²) in [6.07, 6.45) is -0.624. The molecule has 0 fully saturated rings. The maximum absolute atomic E-state index is 10.1. The highest BCUT2D eigenvalue weighted by Gasteiger charge is 2.22. The second kappa shape index (κ2) is 4.87. The fraction of sp³-hybridized carbons (Fsp3) is 0.571. The van der Waals surface area contributed by atoms with Crippen LogP contribution in [0.4, 0.5) is 0 Å². The van der Waals surface area contributed by atoms with E-state index >= 15 is 0 Å². The Morgan fingerprint density at radius 1 is 1.55 bits per heavy atom. The van der Waals surface area contributed by atoms with E-state index in [-0.39, 0.29) is 6.42 Å². The number of aliphatic hydroxyl groups is 2. The van der Waals surface area contributed by atoms with E-state index in [0.717, 1.165) is 0 Å². The van der Waals surface area contributed by atoms with Gasteiger partial charge in [-0.15, -0.1) is 6.58 Å². The summed E-state index contributed by atoms with van der Waals surface area (Å²) in [6, 6.07) is 0. The van der Waals surface area contributed by atoms with Gasteiger partial charge in [-0.3, -0.25) is 0 Å². The Balaban J connectivity index is 3.72. The molecule has 0 amide bonds. The van der Waals surface area contributed by atoms with E-state index in [2.05, 4.69) is 6.58 Å². The normalized spacial score (nSPS) is 15.5. The summed E-state index contributed by atoms with van der Waals surface area (Å²) in [7, 11) is 0. The number of carboxylic acids is 1. The second-order valence-electron chi connectivity index (χ2n) is 2.22. The zero-order valence-corrected chi connectivity index (χ0v) is 6.10. The van der Waals surface area contributed by atoms with Gasteiger partial charge in [0.05, 0.1) is 6.10 Å². The SMILES string of the molecule is C=CCC[C@H](O)C(O)C(=O)O. The lowest BCUT2D eigenvalue weighted by Crippen LogP contribution is -2.33. The molecule has 64 valence electrons. The lowest BCUT2D eigenvalue weighted by Gasteiger charge is -2.11. The number of carboxylic acid groups (broad SMARTS) is 1. The van der Waals surface area contributed by atoms with Crippen molar-refractivity contribution in [3.05, 3.63) is 12.7 Å². The summed E-state index contributed by atoms with van der Waals surface area (Å²) in [5.41, 5.74) is 0. The molecule has 3 N–H and O–H groups in total. The number of hydrogen-bond acceptors (Lipinski definition) is 3. The Morgan fingerprint density at radius 3 is 2.45 bits per heavy atom. The number of aliphatic hydroxyl groups excluding tert-OH is 2. The largest absolute Gasteiger partial charge is 0.479 e. The lowest BCUT2D eigenvalue weighted by atomic mass is 10.1. The highest BCUT2D eigenvalue weighted by Crippen LogP contribution is 2.02. The molecule has 0 aliphatic heterocycles. The molecule has 0 aromatic heterocycles. The molecule has 0 heterocycles. The third kappa shape index (κ3) is 3.75. The van der Waals surface area contributed by atoms with Crippen LogP contribution in [-0.2, 0) is 4.79 Å². The van der Waals surface area contributed by atoms with Crippen LogP contribution < -0.4 is 0 Å². The Hall–Kier alpha value is -0.870. The molecule has 4 nitrogen and oxygen atoms in total. The van der Waals surface area contributed by atoms with Crippen LogP contribution in [0.15, 0.2) is 12.7 Å². The van der Waals surface area contributed by atoms with Crippen LogP contribution in [0.5, 0.6) is 0 Å². The van der Waals surface area contributed by atoms with Crippen molar-refractivity contribution in [2.24, 2.45) is 0 Å². The number of rotatable bonds is 5. The summed E-state index contributed by atoms with van der Waals surface area (Å²) in [6.45, 7) is 3.40. The van der Waals surface area contributed by atoms with Crippen molar-refractivity contribution in [3.63, 3.8) is 0 Å². The second-order valence-corrected chi connectivity index (χ2v) is 2.22. The molecule has 4 heteroatoms. The minimum Gasteiger partial charge on any atom is -0.479 e. The molecule has 0 saturated heterocycles. The Kier molecular flexibility index (Phi) is 4.49. The van der Waals surface area contributed by atoms with Crippen LogP contribution >= 0.6 is 0 Å². The van der Waals surface area contributed by atoms with Gasteiger partial charge in [-0.2, -0.15) is 0 Å². The van der Waals surface area contributed by atoms with Crippen molar-refractivity contribution >= 4 is 5.97 Å². The average Bonchev–Trinajstić information content (AvgIpc) is 1.98. The minimum absolute atomic E-state index is 0.219. The molecular formula is C7H12O4. The molecule has 0 aromatic carbocycles. The van der Waals surface area contributed by atoms with E-state index in [1.807, 2.05) is 0 Å². The Labute approximate surface area is 64.8 Å². The molecule has 0 rings (SSSR count). The van der Waals surface area contributed by atoms with Crippen molar-refractivity contribution in [1.29, 1.82) is 0 Å². The fourth-order valence-corrected chi connectivity index (χ4v) is 0.611. The monoisotopic (exact) mass is 160 g/mol. The van der Waals surface area contributed by atoms with Gasteiger partial charge < -0.3 is 15.3 Å². The van der Waals surface area contributed by atoms with Gasteiger partial charge in [0.25, 0.3) is 0 Å². The summed E-state index contributed by atoms with van der Waals surface area (Å²) >= 11 is 0. The number of carbonyl (C=O) groups is 1. The van der Waals surface area contributed by atoms with Gasteiger partial charge in [0, 0.05) is 0 Å². The molecule has 11 heavy (non-hydrogen) atoms. The predicted octanol–water partition coefficient (Wildman–Crippen LogP) is -0.241. The molecule has 1 unspecified atom stereocenters. The molecule has 0 aliphatic rings. The van der Waals surface area contributed by atoms with Crippen molar-refractivity contribution in [2.75, 3.05) is 0 Å². The molecule has 0 aromatic rings. The molecule has 0 spiro atoms. The van der Waals surface area contributed by atoms with Crippen LogP contribution in [-0.4, -0.2) is 33.5 Å². The average molecular weight is 160 g/mol. The van der Waals surface area contributed by atoms with E-state index in [9.17, 15) is 4.79 Å². The van der Waals surface area contributed by atoms with Gasteiger partial charge in [0.2, 0.25) is 0 Å². The van der Waals surface area contributed by atoms with Gasteiger partial charge in [0.1, 0.15) is 0 Å². The Morgan fingerprint density at radius 2 is 2.09 bits per heavy atom. The summed E-state index contributed by atoms with van der Waals surface area (Å²) in [4.78, 5) is 10.1. The molecule has 0 aliphatic carbocycles. The minimum atomic E-state index is -1.69. The lowest BCUT2D eigenvalue weighted by molar-refractivity contribution is -0.152. The van der Waals surface area contributed by atoms with Crippen LogP contribution in [0.2, 0.25) is 0 Å². The molecule has 0 radical (unpaired) electrons. The van der Waals surface area contributed by atoms with E-state index in [1.54, 1.807) is 6.08 Å². The van der Waals surface area contributed by atoms with Crippen molar-refractivity contribution in [3.8, 4) is 0 Å². The maximum atomic E-state index is 10.1. The molecular weight excluding hydrogens is 148 g/mol. The highest BCUT2D eigenvalue weighted by atomic mass is 16.4. The zero-order valence-electron chi connectivity index (χ0n) is 6.10. The topological polar surface area (TPSA) is 77.8 Å². The highest BCUT2D eigenvalue weighted by molar-refractivity contribution is 5.72. The third-order valence-electron chi connectivity index (χ3n) is 1.28. The standard InChI is InChI=1S/C7H12O4/c1-2-3-4-5(8)6(9)7(10)11/h2,5-6,8-9H,1,3-4H2,(H,10,11)/t5-,6?/m0/s1. The quantitative estimate of drug-likeness (QED) is 0.485. The summed E-state index contributed by atoms with van der Waals surface area (Å²) < 4.78 is 0. The van der Waals surface area contributed by atoms with E-state index in [1.165, 1.54) is 0 Å². The van der Waals surface area contributed by atoms with Gasteiger partial charge in [-0.1, -0.05) is 6.08 Å². The van der Waals surface area contributed by atoms with Crippen LogP contribution in [0.3, 0.4) is 0 Å². The van der Waals surface area contributed by atoms with Crippen molar-refractivity contribution in [1.82, 2.24) is 0 Å². The first-order valence-electron chi connectivity index (χ1n) is 3.29. The first-order valence-corrected chi connectivity index (χ1v) is 3.29. The zero-order chi connectivity index (χ0) is 8.85. The van der Waals surface area contributed by atoms with Crippen molar-refractivity contribution in [2.45, 2.75) is 25.0 Å². The first-order chi connectivity index (χ1) is 5.09. The number of allylic oxidation sites excluding steroid dienone is 1. The summed E-state index contributed by atoms with van der Waals surface area (Å²) in [5, 5.41) is 25.9. The maximum Gasteiger partial charge on any atom is 0.335 e. The Bertz CT molecular complexity index is 143. The predicted molar refractivity (Wildman–Crippen MR) is 39.1 cm³/mol. The number of aliphatic carboxylic acids is 1. The third-order valence-corrected chi connectivity index (χ3v) is 1.28. The van der Waals surface area contributed by atoms with Gasteiger partial charge in [-0.05, 0) is 12.8 Å². The number of hydrogen-bond donors (Lipinski definition) is 3. The van der Waals surface area contributed by atoms with Crippen molar-refractivity contribution < 1.29 is 20.1 Å². The van der Waals surface area contributed by atoms with E-state index in [0.29, 0.717) is 6.42 Å². The van der Waals surface area contributed by atoms with Gasteiger partial charge in [0.15, 0.2) is 6.10 Å². The molecule has 0 saturated carbocycles. The molecule has 0 bridgehead atoms. The van der Waals surface area contributed by atoms with Gasteiger partial charge >= 0.3 is 5.97 Å². The first kappa shape index (κ1) is 10.1. The van der Waals surface area contributed by atoms with Crippen LogP contribution in [0.25, 0.3) is 0 Å². The van der Waals surface area contributed by atoms with Crippen LogP contribution in [0, 0.1) is 0 Å². The van der Waals surface area contributed by atoms with Crippen LogP contribution in [0.1, 0.15) is 12.8 Å². The fourth-order valence-electron chi connectivity index (χ4n) is 0.611. The molecule has 2 atom stereocenters.